The third-order valence-corrected chi connectivity index (χ3v) is 4.07. The van der Waals surface area contributed by atoms with E-state index in [1.165, 1.54) is 17.6 Å². The van der Waals surface area contributed by atoms with Crippen LogP contribution in [0.3, 0.4) is 0 Å². The molecule has 1 N–H and O–H groups in total. The van der Waals surface area contributed by atoms with Crippen LogP contribution in [0.1, 0.15) is 6.92 Å². The second-order valence-electron chi connectivity index (χ2n) is 4.71. The van der Waals surface area contributed by atoms with E-state index in [9.17, 15) is 9.59 Å². The van der Waals surface area contributed by atoms with E-state index in [4.69, 9.17) is 9.68 Å². The van der Waals surface area contributed by atoms with Gasteiger partial charge in [-0.25, -0.2) is 4.79 Å². The second-order valence-corrected chi connectivity index (χ2v) is 5.59. The van der Waals surface area contributed by atoms with Crippen molar-refractivity contribution in [2.75, 3.05) is 0 Å². The summed E-state index contributed by atoms with van der Waals surface area (Å²) in [6.07, 6.45) is 1.53. The molecule has 6 nitrogen and oxygen atoms in total. The number of aromatic nitrogens is 2. The van der Waals surface area contributed by atoms with Gasteiger partial charge < -0.3 is 4.42 Å². The number of furan rings is 1. The first kappa shape index (κ1) is 13.4. The fourth-order valence-electron chi connectivity index (χ4n) is 2.15. The van der Waals surface area contributed by atoms with E-state index in [1.807, 2.05) is 6.07 Å². The second kappa shape index (κ2) is 5.07. The molecule has 0 aromatic carbocycles. The molecule has 0 saturated heterocycles. The molecule has 0 saturated carbocycles. The maximum atomic E-state index is 12.6. The van der Waals surface area contributed by atoms with Crippen molar-refractivity contribution in [2.24, 2.45) is 5.92 Å². The number of H-pyrrole nitrogens is 1. The molecule has 106 valence electrons. The van der Waals surface area contributed by atoms with Crippen LogP contribution in [0.25, 0.3) is 21.5 Å². The van der Waals surface area contributed by atoms with Crippen molar-refractivity contribution in [1.82, 2.24) is 9.55 Å². The van der Waals surface area contributed by atoms with Gasteiger partial charge in [-0.05, 0) is 19.1 Å². The Morgan fingerprint density at radius 3 is 3.00 bits per heavy atom. The topological polar surface area (TPSA) is 91.8 Å². The fourth-order valence-corrected chi connectivity index (χ4v) is 3.08. The third kappa shape index (κ3) is 2.19. The quantitative estimate of drug-likeness (QED) is 0.802. The summed E-state index contributed by atoms with van der Waals surface area (Å²) in [4.78, 5) is 27.8. The average molecular weight is 301 g/mol. The predicted molar refractivity (Wildman–Crippen MR) is 79.2 cm³/mol. The Hall–Kier alpha value is -2.59. The van der Waals surface area contributed by atoms with Gasteiger partial charge in [0.15, 0.2) is 0 Å². The van der Waals surface area contributed by atoms with Crippen LogP contribution in [0.5, 0.6) is 0 Å². The van der Waals surface area contributed by atoms with Crippen LogP contribution in [-0.2, 0) is 6.54 Å². The molecule has 0 amide bonds. The van der Waals surface area contributed by atoms with Crippen molar-refractivity contribution in [3.63, 3.8) is 0 Å². The maximum Gasteiger partial charge on any atom is 0.329 e. The molecule has 21 heavy (non-hydrogen) atoms. The zero-order valence-electron chi connectivity index (χ0n) is 11.1. The average Bonchev–Trinajstić information content (AvgIpc) is 3.11. The van der Waals surface area contributed by atoms with Gasteiger partial charge in [0, 0.05) is 17.5 Å². The van der Waals surface area contributed by atoms with Gasteiger partial charge >= 0.3 is 5.69 Å². The Morgan fingerprint density at radius 1 is 1.52 bits per heavy atom. The predicted octanol–water partition coefficient (Wildman–Crippen LogP) is 2.17. The highest BCUT2D eigenvalue weighted by molar-refractivity contribution is 7.17. The molecular formula is C14H11N3O3S. The lowest BCUT2D eigenvalue weighted by Crippen LogP contribution is -2.36. The lowest BCUT2D eigenvalue weighted by Gasteiger charge is -2.06. The lowest BCUT2D eigenvalue weighted by atomic mass is 10.2. The van der Waals surface area contributed by atoms with Gasteiger partial charge in [0.1, 0.15) is 10.6 Å². The van der Waals surface area contributed by atoms with Gasteiger partial charge in [-0.3, -0.25) is 14.3 Å². The largest absolute Gasteiger partial charge is 0.464 e. The Labute approximate surface area is 122 Å². The number of thiophene rings is 1. The molecule has 3 rings (SSSR count). The Kier molecular flexibility index (Phi) is 3.23. The Bertz CT molecular complexity index is 941. The van der Waals surface area contributed by atoms with E-state index < -0.39 is 17.2 Å². The summed E-state index contributed by atoms with van der Waals surface area (Å²) in [5, 5.41) is 11.1. The first-order valence-corrected chi connectivity index (χ1v) is 7.17. The van der Waals surface area contributed by atoms with Crippen molar-refractivity contribution in [2.45, 2.75) is 13.5 Å². The molecule has 3 aromatic heterocycles. The van der Waals surface area contributed by atoms with Crippen LogP contribution >= 0.6 is 11.3 Å². The number of nitriles is 1. The summed E-state index contributed by atoms with van der Waals surface area (Å²) in [6, 6.07) is 5.52. The van der Waals surface area contributed by atoms with E-state index in [0.29, 0.717) is 21.5 Å². The third-order valence-electron chi connectivity index (χ3n) is 3.18. The zero-order valence-corrected chi connectivity index (χ0v) is 11.9. The molecule has 0 bridgehead atoms. The van der Waals surface area contributed by atoms with Crippen LogP contribution < -0.4 is 11.2 Å². The van der Waals surface area contributed by atoms with Gasteiger partial charge in [0.05, 0.1) is 23.6 Å². The smallest absolute Gasteiger partial charge is 0.329 e. The van der Waals surface area contributed by atoms with Crippen LogP contribution in [0.2, 0.25) is 0 Å². The van der Waals surface area contributed by atoms with Gasteiger partial charge in [-0.15, -0.1) is 11.3 Å². The molecule has 0 aliphatic heterocycles. The fraction of sp³-hybridized carbons (Fsp3) is 0.214. The summed E-state index contributed by atoms with van der Waals surface area (Å²) in [6.45, 7) is 1.73. The maximum absolute atomic E-state index is 12.6. The number of hydrogen-bond donors (Lipinski definition) is 1. The monoisotopic (exact) mass is 301 g/mol. The molecule has 7 heteroatoms. The van der Waals surface area contributed by atoms with Crippen LogP contribution in [0.15, 0.2) is 37.8 Å². The minimum atomic E-state index is -0.498. The molecule has 1 unspecified atom stereocenters. The molecule has 0 aliphatic rings. The van der Waals surface area contributed by atoms with Crippen molar-refractivity contribution in [3.05, 3.63) is 44.6 Å². The molecular weight excluding hydrogens is 290 g/mol. The number of rotatable bonds is 3. The summed E-state index contributed by atoms with van der Waals surface area (Å²) >= 11 is 1.28. The standard InChI is InChI=1S/C14H11N3O3S/c1-8(5-15)6-17-13(18)11-9(10-3-2-4-20-10)7-21-12(11)16-14(17)19/h2-4,7-8H,6H2,1H3,(H,16,19). The number of hydrogen-bond acceptors (Lipinski definition) is 5. The van der Waals surface area contributed by atoms with Gasteiger partial charge in [-0.1, -0.05) is 0 Å². The molecule has 3 aromatic rings. The van der Waals surface area contributed by atoms with E-state index in [-0.39, 0.29) is 6.54 Å². The van der Waals surface area contributed by atoms with E-state index in [2.05, 4.69) is 4.98 Å². The van der Waals surface area contributed by atoms with Crippen LogP contribution in [0, 0.1) is 17.2 Å². The SMILES string of the molecule is CC(C#N)Cn1c(=O)[nH]c2scc(-c3ccco3)c2c1=O. The lowest BCUT2D eigenvalue weighted by molar-refractivity contribution is 0.544. The zero-order chi connectivity index (χ0) is 15.0. The summed E-state index contributed by atoms with van der Waals surface area (Å²) in [5.41, 5.74) is -0.245. The summed E-state index contributed by atoms with van der Waals surface area (Å²) in [5.74, 6) is 0.150. The van der Waals surface area contributed by atoms with Crippen LogP contribution in [-0.4, -0.2) is 9.55 Å². The highest BCUT2D eigenvalue weighted by atomic mass is 32.1. The highest BCUT2D eigenvalue weighted by Gasteiger charge is 2.17. The molecule has 0 fully saturated rings. The van der Waals surface area contributed by atoms with Crippen molar-refractivity contribution in [1.29, 1.82) is 5.26 Å². The van der Waals surface area contributed by atoms with Crippen molar-refractivity contribution in [3.8, 4) is 17.4 Å². The first-order chi connectivity index (χ1) is 10.1. The molecule has 3 heterocycles. The molecule has 0 aliphatic carbocycles. The molecule has 0 radical (unpaired) electrons. The Morgan fingerprint density at radius 2 is 2.33 bits per heavy atom. The Balaban J connectivity index is 2.28. The van der Waals surface area contributed by atoms with Crippen LogP contribution in [0.4, 0.5) is 0 Å². The van der Waals surface area contributed by atoms with Crippen molar-refractivity contribution >= 4 is 21.6 Å². The minimum Gasteiger partial charge on any atom is -0.464 e. The molecule has 1 atom stereocenters. The highest BCUT2D eigenvalue weighted by Crippen LogP contribution is 2.30. The number of fused-ring (bicyclic) bond motifs is 1. The summed E-state index contributed by atoms with van der Waals surface area (Å²) < 4.78 is 6.39. The van der Waals surface area contributed by atoms with E-state index in [1.54, 1.807) is 24.4 Å². The van der Waals surface area contributed by atoms with Crippen molar-refractivity contribution < 1.29 is 4.42 Å². The first-order valence-electron chi connectivity index (χ1n) is 6.29. The van der Waals surface area contributed by atoms with E-state index >= 15 is 0 Å². The number of nitrogens with zero attached hydrogens (tertiary/aromatic N) is 2. The number of nitrogens with one attached hydrogen (secondary N) is 1. The van der Waals surface area contributed by atoms with Gasteiger partial charge in [0.2, 0.25) is 0 Å². The van der Waals surface area contributed by atoms with Gasteiger partial charge in [0.25, 0.3) is 5.56 Å². The normalized spacial score (nSPS) is 12.4. The summed E-state index contributed by atoms with van der Waals surface area (Å²) in [7, 11) is 0. The van der Waals surface area contributed by atoms with E-state index in [0.717, 1.165) is 4.57 Å². The minimum absolute atomic E-state index is 0.0635. The molecule has 0 spiro atoms. The van der Waals surface area contributed by atoms with Gasteiger partial charge in [-0.2, -0.15) is 5.26 Å². The number of aromatic amines is 1.